The molecule has 0 aliphatic heterocycles. The number of benzene rings is 3. The van der Waals surface area contributed by atoms with Gasteiger partial charge in [0.05, 0.1) is 0 Å². The zero-order chi connectivity index (χ0) is 18.5. The molecule has 27 heavy (non-hydrogen) atoms. The Bertz CT molecular complexity index is 785. The predicted molar refractivity (Wildman–Crippen MR) is 122 cm³/mol. The maximum Gasteiger partial charge on any atom is -0.0163 e. The topological polar surface area (TPSA) is 0 Å². The van der Waals surface area contributed by atoms with Crippen molar-refractivity contribution in [2.75, 3.05) is 0 Å². The van der Waals surface area contributed by atoms with Crippen LogP contribution in [0.25, 0.3) is 0 Å². The van der Waals surface area contributed by atoms with Crippen molar-refractivity contribution in [2.45, 2.75) is 32.6 Å². The van der Waals surface area contributed by atoms with E-state index in [9.17, 15) is 0 Å². The molecule has 1 heteroatoms. The molecule has 1 saturated carbocycles. The van der Waals surface area contributed by atoms with Gasteiger partial charge >= 0.3 is 0 Å². The molecule has 0 unspecified atom stereocenters. The highest BCUT2D eigenvalue weighted by Gasteiger charge is 2.27. The number of hydrogen-bond donors (Lipinski definition) is 0. The molecule has 0 nitrogen and oxygen atoms in total. The van der Waals surface area contributed by atoms with Gasteiger partial charge in [0.25, 0.3) is 0 Å². The summed E-state index contributed by atoms with van der Waals surface area (Å²) in [7, 11) is 0. The van der Waals surface area contributed by atoms with Gasteiger partial charge in [0.2, 0.25) is 0 Å². The summed E-state index contributed by atoms with van der Waals surface area (Å²) in [5.41, 5.74) is 0. The molecule has 1 fully saturated rings. The molecular weight excluding hydrogens is 343 g/mol. The number of hydrogen-bond acceptors (Lipinski definition) is 0. The first kappa shape index (κ1) is 18.3. The fourth-order valence-electron chi connectivity index (χ4n) is 4.45. The minimum Gasteiger partial charge on any atom is -0.0711 e. The summed E-state index contributed by atoms with van der Waals surface area (Å²) in [6, 6.07) is 33.7. The van der Waals surface area contributed by atoms with Gasteiger partial charge in [0.15, 0.2) is 0 Å². The maximum absolute atomic E-state index is 2.78. The van der Waals surface area contributed by atoms with Crippen LogP contribution >= 0.6 is 6.89 Å². The third-order valence-corrected chi connectivity index (χ3v) is 10.2. The predicted octanol–water partition coefficient (Wildman–Crippen LogP) is 5.61. The van der Waals surface area contributed by atoms with Gasteiger partial charge in [-0.25, -0.2) is 0 Å². The summed E-state index contributed by atoms with van der Waals surface area (Å²) in [5, 5.41) is 4.42. The van der Waals surface area contributed by atoms with E-state index in [1.54, 1.807) is 0 Å². The molecule has 1 aliphatic rings. The quantitative estimate of drug-likeness (QED) is 0.522. The van der Waals surface area contributed by atoms with Crippen LogP contribution in [0.5, 0.6) is 0 Å². The molecule has 138 valence electrons. The van der Waals surface area contributed by atoms with E-state index in [1.165, 1.54) is 41.6 Å². The molecule has 0 atom stereocenters. The van der Waals surface area contributed by atoms with Gasteiger partial charge in [0.1, 0.15) is 0 Å². The van der Waals surface area contributed by atoms with E-state index in [4.69, 9.17) is 0 Å². The summed E-state index contributed by atoms with van der Waals surface area (Å²) in [6.07, 6.45) is 5.38. The first-order chi connectivity index (χ1) is 13.3. The van der Waals surface area contributed by atoms with Gasteiger partial charge in [-0.3, -0.25) is 0 Å². The van der Waals surface area contributed by atoms with Gasteiger partial charge in [-0.2, -0.15) is 0 Å². The molecule has 0 N–H and O–H groups in total. The molecule has 0 spiro atoms. The average molecular weight is 372 g/mol. The maximum atomic E-state index is 2.78. The molecule has 0 radical (unpaired) electrons. The SMILES string of the molecule is CC1CCC(C=P(c2ccccc2)(c2ccccc2)c2ccccc2)CC1. The van der Waals surface area contributed by atoms with Gasteiger partial charge in [0, 0.05) is 0 Å². The van der Waals surface area contributed by atoms with Crippen LogP contribution in [0.3, 0.4) is 0 Å². The van der Waals surface area contributed by atoms with Crippen LogP contribution in [0.1, 0.15) is 32.6 Å². The Labute approximate surface area is 164 Å². The molecule has 0 bridgehead atoms. The van der Waals surface area contributed by atoms with Crippen LogP contribution in [0.4, 0.5) is 0 Å². The average Bonchev–Trinajstić information content (AvgIpc) is 2.75. The van der Waals surface area contributed by atoms with Crippen molar-refractivity contribution in [1.82, 2.24) is 0 Å². The van der Waals surface area contributed by atoms with Gasteiger partial charge in [-0.15, -0.1) is 0 Å². The van der Waals surface area contributed by atoms with E-state index in [1.807, 2.05) is 0 Å². The Balaban J connectivity index is 1.98. The zero-order valence-corrected chi connectivity index (χ0v) is 17.1. The normalized spacial score (nSPS) is 20.2. The van der Waals surface area contributed by atoms with Crippen molar-refractivity contribution in [3.8, 4) is 0 Å². The van der Waals surface area contributed by atoms with Crippen LogP contribution in [0.2, 0.25) is 0 Å². The van der Waals surface area contributed by atoms with Crippen molar-refractivity contribution in [1.29, 1.82) is 0 Å². The minimum absolute atomic E-state index is 0.704. The second-order valence-corrected chi connectivity index (χ2v) is 11.2. The van der Waals surface area contributed by atoms with Gasteiger partial charge in [-0.05, 0) is 47.5 Å². The standard InChI is InChI=1S/C26H29P/c1-22-17-19-23(20-18-22)21-27(24-11-5-2-6-12-24,25-13-7-3-8-14-25)26-15-9-4-10-16-26/h2-16,21-23H,17-20H2,1H3. The molecule has 3 aromatic carbocycles. The van der Waals surface area contributed by atoms with E-state index >= 15 is 0 Å². The largest absolute Gasteiger partial charge is 0.0711 e. The van der Waals surface area contributed by atoms with E-state index < -0.39 is 6.89 Å². The first-order valence-corrected chi connectivity index (χ1v) is 12.1. The van der Waals surface area contributed by atoms with Crippen molar-refractivity contribution in [3.63, 3.8) is 0 Å². The Morgan fingerprint density at radius 3 is 1.33 bits per heavy atom. The van der Waals surface area contributed by atoms with Crippen LogP contribution < -0.4 is 15.9 Å². The van der Waals surface area contributed by atoms with Crippen LogP contribution in [-0.2, 0) is 0 Å². The third kappa shape index (κ3) is 3.83. The van der Waals surface area contributed by atoms with Crippen LogP contribution in [-0.4, -0.2) is 5.80 Å². The van der Waals surface area contributed by atoms with E-state index in [-0.39, 0.29) is 0 Å². The summed E-state index contributed by atoms with van der Waals surface area (Å²) >= 11 is 0. The van der Waals surface area contributed by atoms with Gasteiger partial charge < -0.3 is 0 Å². The van der Waals surface area contributed by atoms with Gasteiger partial charge in [-0.1, -0.05) is 117 Å². The molecule has 0 saturated heterocycles. The van der Waals surface area contributed by atoms with E-state index in [0.29, 0.717) is 5.92 Å². The fourth-order valence-corrected chi connectivity index (χ4v) is 8.71. The Morgan fingerprint density at radius 2 is 0.963 bits per heavy atom. The molecular formula is C26H29P. The van der Waals surface area contributed by atoms with Crippen LogP contribution in [0.15, 0.2) is 91.0 Å². The second kappa shape index (κ2) is 8.32. The summed E-state index contributed by atoms with van der Waals surface area (Å²) < 4.78 is 0. The highest BCUT2D eigenvalue weighted by molar-refractivity contribution is 7.94. The molecule has 0 amide bonds. The van der Waals surface area contributed by atoms with Crippen molar-refractivity contribution in [2.24, 2.45) is 11.8 Å². The lowest BCUT2D eigenvalue weighted by atomic mass is 9.84. The third-order valence-electron chi connectivity index (χ3n) is 5.99. The molecule has 4 rings (SSSR count). The van der Waals surface area contributed by atoms with Crippen LogP contribution in [0, 0.1) is 11.8 Å². The monoisotopic (exact) mass is 372 g/mol. The van der Waals surface area contributed by atoms with Crippen molar-refractivity contribution < 1.29 is 0 Å². The minimum atomic E-state index is -1.77. The Hall–Kier alpha value is -2.04. The Kier molecular flexibility index (Phi) is 5.65. The fraction of sp³-hybridized carbons (Fsp3) is 0.269. The zero-order valence-electron chi connectivity index (χ0n) is 16.2. The van der Waals surface area contributed by atoms with Crippen molar-refractivity contribution in [3.05, 3.63) is 91.0 Å². The smallest absolute Gasteiger partial charge is 0.0163 e. The highest BCUT2D eigenvalue weighted by Crippen LogP contribution is 2.46. The molecule has 0 aromatic heterocycles. The summed E-state index contributed by atoms with van der Waals surface area (Å²) in [4.78, 5) is 0. The molecule has 0 heterocycles. The lowest BCUT2D eigenvalue weighted by Crippen LogP contribution is -2.29. The molecule has 3 aromatic rings. The summed E-state index contributed by atoms with van der Waals surface area (Å²) in [5.74, 6) is 4.36. The highest BCUT2D eigenvalue weighted by atomic mass is 31.2. The molecule has 1 aliphatic carbocycles. The lowest BCUT2D eigenvalue weighted by molar-refractivity contribution is 0.349. The van der Waals surface area contributed by atoms with E-state index in [2.05, 4.69) is 104 Å². The van der Waals surface area contributed by atoms with E-state index in [0.717, 1.165) is 5.92 Å². The van der Waals surface area contributed by atoms with Crippen molar-refractivity contribution >= 4 is 28.6 Å². The lowest BCUT2D eigenvalue weighted by Gasteiger charge is -2.33. The number of rotatable bonds is 4. The Morgan fingerprint density at radius 1 is 0.593 bits per heavy atom. The summed E-state index contributed by atoms with van der Waals surface area (Å²) in [6.45, 7) is 0.640. The second-order valence-electron chi connectivity index (χ2n) is 7.90. The first-order valence-electron chi connectivity index (χ1n) is 10.2.